The van der Waals surface area contributed by atoms with Gasteiger partial charge in [0.05, 0.1) is 57.0 Å². The molecular weight excluding hydrogens is 783 g/mol. The number of hydrogen-bond acceptors (Lipinski definition) is 3. The van der Waals surface area contributed by atoms with E-state index < -0.39 is 0 Å². The van der Waals surface area contributed by atoms with E-state index in [9.17, 15) is 5.26 Å². The van der Waals surface area contributed by atoms with Crippen LogP contribution >= 0.6 is 0 Å². The molecule has 0 radical (unpaired) electrons. The van der Waals surface area contributed by atoms with Crippen molar-refractivity contribution in [1.29, 1.82) is 5.26 Å². The Hall–Kier alpha value is -8.06. The fourth-order valence-corrected chi connectivity index (χ4v) is 9.61. The number of benzene rings is 8. The lowest BCUT2D eigenvalue weighted by Crippen LogP contribution is -2.10. The van der Waals surface area contributed by atoms with Gasteiger partial charge in [0.25, 0.3) is 0 Å². The van der Waals surface area contributed by atoms with Crippen molar-refractivity contribution in [1.82, 2.24) is 9.13 Å². The summed E-state index contributed by atoms with van der Waals surface area (Å²) in [6.07, 6.45) is 0. The highest BCUT2D eigenvalue weighted by atomic mass is 16.3. The van der Waals surface area contributed by atoms with Gasteiger partial charge in [-0.15, -0.1) is 0 Å². The molecule has 11 aromatic rings. The van der Waals surface area contributed by atoms with Crippen LogP contribution < -0.4 is 4.90 Å². The Labute approximate surface area is 372 Å². The molecule has 0 N–H and O–H groups in total. The normalized spacial score (nSPS) is 12.2. The molecule has 64 heavy (non-hydrogen) atoms. The van der Waals surface area contributed by atoms with Crippen LogP contribution in [0.15, 0.2) is 168 Å². The van der Waals surface area contributed by atoms with Gasteiger partial charge in [0.15, 0.2) is 0 Å². The number of aromatic nitrogens is 2. The van der Waals surface area contributed by atoms with Gasteiger partial charge in [0.2, 0.25) is 5.69 Å². The molecule has 3 aromatic heterocycles. The summed E-state index contributed by atoms with van der Waals surface area (Å²) in [5.74, 6) is 0. The molecule has 6 heteroatoms. The highest BCUT2D eigenvalue weighted by Gasteiger charge is 2.27. The summed E-state index contributed by atoms with van der Waals surface area (Å²) >= 11 is 0. The molecule has 0 saturated carbocycles. The number of rotatable bonds is 5. The summed E-state index contributed by atoms with van der Waals surface area (Å²) in [4.78, 5) is 6.65. The average Bonchev–Trinajstić information content (AvgIpc) is 3.95. The van der Waals surface area contributed by atoms with E-state index in [-0.39, 0.29) is 10.8 Å². The highest BCUT2D eigenvalue weighted by Crippen LogP contribution is 2.47. The zero-order valence-corrected chi connectivity index (χ0v) is 36.7. The molecule has 0 aliphatic rings. The molecule has 0 amide bonds. The molecule has 0 bridgehead atoms. The van der Waals surface area contributed by atoms with Crippen LogP contribution in [0.2, 0.25) is 0 Å². The van der Waals surface area contributed by atoms with Crippen molar-refractivity contribution in [3.8, 4) is 17.4 Å². The summed E-state index contributed by atoms with van der Waals surface area (Å²) in [5, 5.41) is 17.0. The van der Waals surface area contributed by atoms with E-state index in [1.54, 1.807) is 0 Å². The second kappa shape index (κ2) is 14.2. The van der Waals surface area contributed by atoms with Gasteiger partial charge >= 0.3 is 0 Å². The summed E-state index contributed by atoms with van der Waals surface area (Å²) in [7, 11) is 0. The first-order chi connectivity index (χ1) is 30.9. The molecular formula is C58H45N5O. The van der Waals surface area contributed by atoms with Gasteiger partial charge in [-0.05, 0) is 119 Å². The minimum Gasteiger partial charge on any atom is -0.455 e. The minimum absolute atomic E-state index is 0.0687. The topological polar surface area (TPSA) is 54.4 Å². The number of fused-ring (bicyclic) bond motifs is 10. The third kappa shape index (κ3) is 5.98. The molecule has 0 unspecified atom stereocenters. The summed E-state index contributed by atoms with van der Waals surface area (Å²) in [6, 6.07) is 59.4. The maximum absolute atomic E-state index is 10.8. The number of para-hydroxylation sites is 3. The standard InChI is InChI=1S/C58H45N5O/c1-57(2,3)37-22-26-47-44(32-37)45-33-38(58(4,5)6)23-27-48(45)62(47)51-30-36(35-59)31-52(55(51)60-7)63-49-28-24-41(61(39-16-10-8-11-17-39)40-18-12-9-13-19-40)34-46(49)54-50(63)29-25-43-42-20-14-15-21-53(42)64-56(43)54/h8-34H,1-6H3. The van der Waals surface area contributed by atoms with Crippen LogP contribution in [0.3, 0.4) is 0 Å². The molecule has 308 valence electrons. The Morgan fingerprint density at radius 1 is 0.516 bits per heavy atom. The number of nitriles is 1. The van der Waals surface area contributed by atoms with Crippen molar-refractivity contribution in [3.63, 3.8) is 0 Å². The Morgan fingerprint density at radius 2 is 1.03 bits per heavy atom. The van der Waals surface area contributed by atoms with Crippen LogP contribution in [0.1, 0.15) is 58.2 Å². The van der Waals surface area contributed by atoms with E-state index in [1.807, 2.05) is 42.5 Å². The van der Waals surface area contributed by atoms with Crippen molar-refractivity contribution in [2.75, 3.05) is 4.90 Å². The highest BCUT2D eigenvalue weighted by molar-refractivity contribution is 6.24. The molecule has 0 aliphatic carbocycles. The molecule has 0 fully saturated rings. The van der Waals surface area contributed by atoms with Crippen molar-refractivity contribution < 1.29 is 4.42 Å². The molecule has 6 nitrogen and oxygen atoms in total. The average molecular weight is 828 g/mol. The Kier molecular flexibility index (Phi) is 8.64. The van der Waals surface area contributed by atoms with E-state index in [2.05, 4.69) is 188 Å². The van der Waals surface area contributed by atoms with Crippen LogP contribution in [-0.4, -0.2) is 9.13 Å². The first kappa shape index (κ1) is 38.8. The van der Waals surface area contributed by atoms with Gasteiger partial charge in [0, 0.05) is 44.0 Å². The maximum atomic E-state index is 10.8. The van der Waals surface area contributed by atoms with Crippen LogP contribution in [0.5, 0.6) is 0 Å². The van der Waals surface area contributed by atoms with Gasteiger partial charge in [-0.25, -0.2) is 4.85 Å². The van der Waals surface area contributed by atoms with Crippen LogP contribution in [-0.2, 0) is 10.8 Å². The Balaban J connectivity index is 1.25. The van der Waals surface area contributed by atoms with Crippen molar-refractivity contribution in [2.24, 2.45) is 0 Å². The fraction of sp³-hybridized carbons (Fsp3) is 0.138. The predicted octanol–water partition coefficient (Wildman–Crippen LogP) is 16.3. The van der Waals surface area contributed by atoms with Crippen LogP contribution in [0.4, 0.5) is 22.7 Å². The maximum Gasteiger partial charge on any atom is 0.234 e. The molecule has 0 aliphatic heterocycles. The smallest absolute Gasteiger partial charge is 0.234 e. The number of hydrogen-bond donors (Lipinski definition) is 0. The minimum atomic E-state index is -0.0687. The number of nitrogens with zero attached hydrogens (tertiary/aromatic N) is 5. The Bertz CT molecular complexity index is 3650. The zero-order chi connectivity index (χ0) is 44.1. The zero-order valence-electron chi connectivity index (χ0n) is 36.7. The van der Waals surface area contributed by atoms with Gasteiger partial charge < -0.3 is 18.5 Å². The first-order valence-corrected chi connectivity index (χ1v) is 21.8. The van der Waals surface area contributed by atoms with Crippen LogP contribution in [0, 0.1) is 17.9 Å². The fourth-order valence-electron chi connectivity index (χ4n) is 9.61. The second-order valence-corrected chi connectivity index (χ2v) is 18.9. The van der Waals surface area contributed by atoms with E-state index in [0.29, 0.717) is 22.6 Å². The predicted molar refractivity (Wildman–Crippen MR) is 265 cm³/mol. The number of furan rings is 1. The monoisotopic (exact) mass is 827 g/mol. The van der Waals surface area contributed by atoms with E-state index in [0.717, 1.165) is 82.6 Å². The number of anilines is 3. The van der Waals surface area contributed by atoms with E-state index >= 15 is 0 Å². The van der Waals surface area contributed by atoms with Crippen molar-refractivity contribution in [2.45, 2.75) is 52.4 Å². The van der Waals surface area contributed by atoms with Crippen LogP contribution in [0.25, 0.3) is 81.8 Å². The summed E-state index contributed by atoms with van der Waals surface area (Å²) in [5.41, 5.74) is 12.9. The molecule has 11 rings (SSSR count). The molecule has 0 spiro atoms. The van der Waals surface area contributed by atoms with Gasteiger partial charge in [0.1, 0.15) is 11.2 Å². The van der Waals surface area contributed by atoms with E-state index in [4.69, 9.17) is 11.0 Å². The van der Waals surface area contributed by atoms with Gasteiger partial charge in [-0.3, -0.25) is 0 Å². The first-order valence-electron chi connectivity index (χ1n) is 21.8. The van der Waals surface area contributed by atoms with Gasteiger partial charge in [-0.2, -0.15) is 5.26 Å². The molecule has 8 aromatic carbocycles. The SMILES string of the molecule is [C-]#[N+]c1c(-n2c3ccc(C(C)(C)C)cc3c3cc(C(C)(C)C)ccc32)cc(C#N)cc1-n1c2ccc(N(c3ccccc3)c3ccccc3)cc2c2c3oc4ccccc4c3ccc21. The van der Waals surface area contributed by atoms with Crippen molar-refractivity contribution in [3.05, 3.63) is 192 Å². The lowest BCUT2D eigenvalue weighted by atomic mass is 9.85. The summed E-state index contributed by atoms with van der Waals surface area (Å²) < 4.78 is 11.2. The molecule has 3 heterocycles. The lowest BCUT2D eigenvalue weighted by Gasteiger charge is -2.25. The second-order valence-electron chi connectivity index (χ2n) is 18.9. The Morgan fingerprint density at radius 3 is 1.59 bits per heavy atom. The third-order valence-corrected chi connectivity index (χ3v) is 12.8. The van der Waals surface area contributed by atoms with E-state index in [1.165, 1.54) is 11.1 Å². The van der Waals surface area contributed by atoms with Crippen molar-refractivity contribution >= 4 is 88.3 Å². The third-order valence-electron chi connectivity index (χ3n) is 12.8. The summed E-state index contributed by atoms with van der Waals surface area (Å²) in [6.45, 7) is 22.4. The molecule has 0 saturated heterocycles. The van der Waals surface area contributed by atoms with Gasteiger partial charge in [-0.1, -0.05) is 108 Å². The quantitative estimate of drug-likeness (QED) is 0.162. The largest absolute Gasteiger partial charge is 0.455 e. The lowest BCUT2D eigenvalue weighted by molar-refractivity contribution is 0.590. The molecule has 0 atom stereocenters.